The summed E-state index contributed by atoms with van der Waals surface area (Å²) in [6, 6.07) is 1.60. The highest BCUT2D eigenvalue weighted by Crippen LogP contribution is 2.32. The van der Waals surface area contributed by atoms with Crippen molar-refractivity contribution in [1.82, 2.24) is 4.98 Å². The minimum Gasteiger partial charge on any atom is -0.496 e. The number of hydrogen-bond donors (Lipinski definition) is 1. The molecule has 0 unspecified atom stereocenters. The number of ether oxygens (including phenoxy) is 3. The summed E-state index contributed by atoms with van der Waals surface area (Å²) < 4.78 is 15.6. The summed E-state index contributed by atoms with van der Waals surface area (Å²) in [5.41, 5.74) is 5.24. The Balaban J connectivity index is 2.04. The lowest BCUT2D eigenvalue weighted by atomic mass is 9.92. The van der Waals surface area contributed by atoms with Gasteiger partial charge in [-0.15, -0.1) is 0 Å². The van der Waals surface area contributed by atoms with E-state index in [2.05, 4.69) is 4.98 Å². The number of hydrogen-bond acceptors (Lipinski definition) is 6. The van der Waals surface area contributed by atoms with Crippen LogP contribution in [0.2, 0.25) is 0 Å². The zero-order valence-electron chi connectivity index (χ0n) is 11.3. The molecule has 1 saturated carbocycles. The van der Waals surface area contributed by atoms with Gasteiger partial charge in [0.25, 0.3) is 0 Å². The van der Waals surface area contributed by atoms with Crippen LogP contribution in [0, 0.1) is 0 Å². The maximum atomic E-state index is 11.7. The second kappa shape index (κ2) is 5.77. The van der Waals surface area contributed by atoms with E-state index in [1.807, 2.05) is 0 Å². The van der Waals surface area contributed by atoms with Gasteiger partial charge in [0.15, 0.2) is 5.78 Å². The summed E-state index contributed by atoms with van der Waals surface area (Å²) in [4.78, 5) is 26.3. The van der Waals surface area contributed by atoms with E-state index in [1.54, 1.807) is 6.07 Å². The Morgan fingerprint density at radius 1 is 1.35 bits per heavy atom. The van der Waals surface area contributed by atoms with Crippen LogP contribution in [0.4, 0.5) is 4.79 Å². The van der Waals surface area contributed by atoms with Gasteiger partial charge in [-0.1, -0.05) is 0 Å². The van der Waals surface area contributed by atoms with E-state index in [0.29, 0.717) is 24.2 Å². The topological polar surface area (TPSA) is 101 Å². The van der Waals surface area contributed by atoms with Gasteiger partial charge in [-0.2, -0.15) is 0 Å². The second-order valence-electron chi connectivity index (χ2n) is 4.52. The Bertz CT molecular complexity index is 525. The summed E-state index contributed by atoms with van der Waals surface area (Å²) in [7, 11) is 1.48. The molecule has 1 aliphatic rings. The van der Waals surface area contributed by atoms with Gasteiger partial charge in [0, 0.05) is 19.0 Å². The minimum atomic E-state index is -0.794. The summed E-state index contributed by atoms with van der Waals surface area (Å²) in [6.45, 7) is 1.42. The molecule has 0 aliphatic heterocycles. The first-order valence-electron chi connectivity index (χ1n) is 6.18. The summed E-state index contributed by atoms with van der Waals surface area (Å²) in [6.07, 6.45) is 1.38. The van der Waals surface area contributed by atoms with E-state index in [9.17, 15) is 9.59 Å². The quantitative estimate of drug-likeness (QED) is 0.816. The molecule has 1 fully saturated rings. The van der Waals surface area contributed by atoms with Crippen LogP contribution in [-0.4, -0.2) is 36.2 Å². The molecule has 2 rings (SSSR count). The molecular weight excluding hydrogens is 264 g/mol. The van der Waals surface area contributed by atoms with Crippen LogP contribution >= 0.6 is 0 Å². The molecule has 7 nitrogen and oxygen atoms in total. The number of amides is 1. The van der Waals surface area contributed by atoms with Gasteiger partial charge in [-0.05, 0) is 13.0 Å². The molecule has 1 amide bonds. The van der Waals surface area contributed by atoms with Crippen molar-refractivity contribution in [2.24, 2.45) is 5.73 Å². The van der Waals surface area contributed by atoms with Crippen molar-refractivity contribution in [3.8, 4) is 11.6 Å². The predicted molar refractivity (Wildman–Crippen MR) is 68.9 cm³/mol. The van der Waals surface area contributed by atoms with Crippen LogP contribution in [0.5, 0.6) is 11.6 Å². The lowest BCUT2D eigenvalue weighted by molar-refractivity contribution is -0.0217. The SMILES string of the molecule is COc1ccnc(OC2CC(OC(N)=O)C2)c1C(C)=O. The molecule has 1 heterocycles. The highest BCUT2D eigenvalue weighted by Gasteiger charge is 2.34. The lowest BCUT2D eigenvalue weighted by Gasteiger charge is -2.34. The average molecular weight is 280 g/mol. The molecule has 1 aromatic rings. The predicted octanol–water partition coefficient (Wildman–Crippen LogP) is 1.30. The Labute approximate surface area is 116 Å². The van der Waals surface area contributed by atoms with E-state index in [4.69, 9.17) is 19.9 Å². The van der Waals surface area contributed by atoms with E-state index in [1.165, 1.54) is 20.2 Å². The molecule has 0 saturated heterocycles. The number of primary amides is 1. The molecule has 0 bridgehead atoms. The average Bonchev–Trinajstić information content (AvgIpc) is 2.34. The van der Waals surface area contributed by atoms with Gasteiger partial charge in [0.2, 0.25) is 5.88 Å². The maximum Gasteiger partial charge on any atom is 0.404 e. The van der Waals surface area contributed by atoms with Crippen molar-refractivity contribution in [2.45, 2.75) is 32.0 Å². The first-order valence-corrected chi connectivity index (χ1v) is 6.18. The van der Waals surface area contributed by atoms with E-state index >= 15 is 0 Å². The third-order valence-electron chi connectivity index (χ3n) is 3.06. The molecule has 2 N–H and O–H groups in total. The largest absolute Gasteiger partial charge is 0.496 e. The Kier molecular flexibility index (Phi) is 4.07. The fourth-order valence-corrected chi connectivity index (χ4v) is 2.04. The molecule has 20 heavy (non-hydrogen) atoms. The fraction of sp³-hybridized carbons (Fsp3) is 0.462. The molecule has 108 valence electrons. The van der Waals surface area contributed by atoms with Crippen LogP contribution in [0.3, 0.4) is 0 Å². The maximum absolute atomic E-state index is 11.7. The summed E-state index contributed by atoms with van der Waals surface area (Å²) in [5.74, 6) is 0.473. The van der Waals surface area contributed by atoms with Crippen LogP contribution in [-0.2, 0) is 4.74 Å². The molecular formula is C13H16N2O5. The number of carbonyl (C=O) groups is 2. The van der Waals surface area contributed by atoms with Crippen molar-refractivity contribution >= 4 is 11.9 Å². The Morgan fingerprint density at radius 3 is 2.60 bits per heavy atom. The van der Waals surface area contributed by atoms with Crippen molar-refractivity contribution in [1.29, 1.82) is 0 Å². The van der Waals surface area contributed by atoms with Gasteiger partial charge >= 0.3 is 6.09 Å². The third kappa shape index (κ3) is 2.98. The molecule has 0 radical (unpaired) electrons. The van der Waals surface area contributed by atoms with Crippen LogP contribution in [0.15, 0.2) is 12.3 Å². The highest BCUT2D eigenvalue weighted by atomic mass is 16.6. The van der Waals surface area contributed by atoms with E-state index in [-0.39, 0.29) is 23.9 Å². The smallest absolute Gasteiger partial charge is 0.404 e. The molecule has 1 aliphatic carbocycles. The normalized spacial score (nSPS) is 20.7. The molecule has 0 aromatic carbocycles. The van der Waals surface area contributed by atoms with Crippen molar-refractivity contribution in [3.63, 3.8) is 0 Å². The number of carbonyl (C=O) groups excluding carboxylic acids is 2. The van der Waals surface area contributed by atoms with E-state index in [0.717, 1.165) is 0 Å². The van der Waals surface area contributed by atoms with Gasteiger partial charge in [0.1, 0.15) is 23.5 Å². The summed E-state index contributed by atoms with van der Waals surface area (Å²) in [5, 5.41) is 0. The number of Topliss-reactive ketones (excluding diaryl/α,β-unsaturated/α-hetero) is 1. The van der Waals surface area contributed by atoms with Crippen LogP contribution in [0.25, 0.3) is 0 Å². The molecule has 0 spiro atoms. The number of ketones is 1. The Hall–Kier alpha value is -2.31. The first kappa shape index (κ1) is 14.1. The van der Waals surface area contributed by atoms with Gasteiger partial charge in [0.05, 0.1) is 7.11 Å². The van der Waals surface area contributed by atoms with Gasteiger partial charge in [-0.3, -0.25) is 4.79 Å². The highest BCUT2D eigenvalue weighted by molar-refractivity contribution is 5.99. The first-order chi connectivity index (χ1) is 9.51. The Morgan fingerprint density at radius 2 is 2.05 bits per heavy atom. The standard InChI is InChI=1S/C13H16N2O5/c1-7(16)11-10(18-2)3-4-15-12(11)19-8-5-9(6-8)20-13(14)17/h3-4,8-9H,5-6H2,1-2H3,(H2,14,17). The zero-order valence-corrected chi connectivity index (χ0v) is 11.3. The number of nitrogens with two attached hydrogens (primary N) is 1. The monoisotopic (exact) mass is 280 g/mol. The van der Waals surface area contributed by atoms with Crippen LogP contribution in [0.1, 0.15) is 30.1 Å². The molecule has 0 atom stereocenters. The third-order valence-corrected chi connectivity index (χ3v) is 3.06. The number of pyridine rings is 1. The second-order valence-corrected chi connectivity index (χ2v) is 4.52. The van der Waals surface area contributed by atoms with Crippen molar-refractivity contribution in [2.75, 3.05) is 7.11 Å². The lowest BCUT2D eigenvalue weighted by Crippen LogP contribution is -2.42. The fourth-order valence-electron chi connectivity index (χ4n) is 2.04. The number of methoxy groups -OCH3 is 1. The van der Waals surface area contributed by atoms with Crippen LogP contribution < -0.4 is 15.2 Å². The zero-order chi connectivity index (χ0) is 14.7. The number of nitrogens with zero attached hydrogens (tertiary/aromatic N) is 1. The molecule has 1 aromatic heterocycles. The van der Waals surface area contributed by atoms with E-state index < -0.39 is 6.09 Å². The van der Waals surface area contributed by atoms with Gasteiger partial charge in [-0.25, -0.2) is 9.78 Å². The number of aromatic nitrogens is 1. The van der Waals surface area contributed by atoms with Crippen molar-refractivity contribution in [3.05, 3.63) is 17.8 Å². The number of rotatable bonds is 5. The summed E-state index contributed by atoms with van der Waals surface area (Å²) >= 11 is 0. The van der Waals surface area contributed by atoms with Crippen molar-refractivity contribution < 1.29 is 23.8 Å². The van der Waals surface area contributed by atoms with Gasteiger partial charge < -0.3 is 19.9 Å². The minimum absolute atomic E-state index is 0.156. The molecule has 7 heteroatoms.